The molecule has 1 aromatic carbocycles. The molecule has 2 rings (SSSR count). The van der Waals surface area contributed by atoms with Crippen molar-refractivity contribution >= 4 is 23.4 Å². The van der Waals surface area contributed by atoms with E-state index in [0.717, 1.165) is 12.8 Å². The Morgan fingerprint density at radius 1 is 1.30 bits per heavy atom. The lowest BCUT2D eigenvalue weighted by molar-refractivity contribution is -0.137. The Hall–Kier alpha value is -1.55. The third kappa shape index (κ3) is 3.51. The lowest BCUT2D eigenvalue weighted by Crippen LogP contribution is -2.17. The zero-order valence-electron chi connectivity index (χ0n) is 11.4. The van der Waals surface area contributed by atoms with Crippen molar-refractivity contribution in [3.63, 3.8) is 0 Å². The van der Waals surface area contributed by atoms with Gasteiger partial charge in [0, 0.05) is 5.56 Å². The highest BCUT2D eigenvalue weighted by Crippen LogP contribution is 2.30. The molecule has 1 aliphatic rings. The summed E-state index contributed by atoms with van der Waals surface area (Å²) in [5.41, 5.74) is 0.215. The number of rotatable bonds is 5. The summed E-state index contributed by atoms with van der Waals surface area (Å²) in [7, 11) is 0. The smallest absolute Gasteiger partial charge is 0.379 e. The standard InChI is InChI=1S/C15H17ClO4/c1-2-19-15(18)14(17)10-7-8-13(12(16)9-10)20-11-5-3-4-6-11/h7-9,11H,2-6H2,1H3. The molecule has 0 unspecified atom stereocenters. The van der Waals surface area contributed by atoms with Crippen LogP contribution in [0.1, 0.15) is 43.0 Å². The van der Waals surface area contributed by atoms with Crippen LogP contribution in [0, 0.1) is 0 Å². The largest absolute Gasteiger partial charge is 0.489 e. The zero-order chi connectivity index (χ0) is 14.5. The molecule has 0 aromatic heterocycles. The van der Waals surface area contributed by atoms with E-state index in [1.54, 1.807) is 13.0 Å². The molecule has 108 valence electrons. The minimum absolute atomic E-state index is 0.168. The van der Waals surface area contributed by atoms with Crippen LogP contribution < -0.4 is 4.74 Å². The van der Waals surface area contributed by atoms with Crippen molar-refractivity contribution in [3.05, 3.63) is 28.8 Å². The maximum atomic E-state index is 11.8. The van der Waals surface area contributed by atoms with Gasteiger partial charge in [-0.2, -0.15) is 0 Å². The van der Waals surface area contributed by atoms with Crippen LogP contribution in [-0.2, 0) is 9.53 Å². The SMILES string of the molecule is CCOC(=O)C(=O)c1ccc(OC2CCCC2)c(Cl)c1. The Kier molecular flexibility index (Phi) is 5.01. The lowest BCUT2D eigenvalue weighted by Gasteiger charge is -2.14. The molecule has 0 radical (unpaired) electrons. The summed E-state index contributed by atoms with van der Waals surface area (Å²) < 4.78 is 10.5. The van der Waals surface area contributed by atoms with Crippen LogP contribution in [0.25, 0.3) is 0 Å². The second-order valence-electron chi connectivity index (χ2n) is 4.72. The number of ketones is 1. The highest BCUT2D eigenvalue weighted by Gasteiger charge is 2.21. The third-order valence-electron chi connectivity index (χ3n) is 3.25. The fourth-order valence-corrected chi connectivity index (χ4v) is 2.46. The first-order valence-corrected chi connectivity index (χ1v) is 7.17. The number of ether oxygens (including phenoxy) is 2. The van der Waals surface area contributed by atoms with Crippen LogP contribution in [-0.4, -0.2) is 24.5 Å². The Labute approximate surface area is 123 Å². The number of hydrogen-bond donors (Lipinski definition) is 0. The molecule has 0 atom stereocenters. The summed E-state index contributed by atoms with van der Waals surface area (Å²) >= 11 is 6.10. The van der Waals surface area contributed by atoms with Gasteiger partial charge in [0.2, 0.25) is 0 Å². The molecule has 1 saturated carbocycles. The third-order valence-corrected chi connectivity index (χ3v) is 3.55. The zero-order valence-corrected chi connectivity index (χ0v) is 12.1. The van der Waals surface area contributed by atoms with Gasteiger partial charge in [-0.15, -0.1) is 0 Å². The molecule has 4 nitrogen and oxygen atoms in total. The van der Waals surface area contributed by atoms with Crippen molar-refractivity contribution < 1.29 is 19.1 Å². The number of carbonyl (C=O) groups excluding carboxylic acids is 2. The van der Waals surface area contributed by atoms with Crippen LogP contribution in [0.3, 0.4) is 0 Å². The first kappa shape index (κ1) is 14.9. The highest BCUT2D eigenvalue weighted by molar-refractivity contribution is 6.41. The Balaban J connectivity index is 2.08. The average Bonchev–Trinajstić information content (AvgIpc) is 2.93. The van der Waals surface area contributed by atoms with Crippen molar-refractivity contribution in [2.24, 2.45) is 0 Å². The quantitative estimate of drug-likeness (QED) is 0.475. The first-order chi connectivity index (χ1) is 9.61. The molecule has 0 amide bonds. The number of benzene rings is 1. The number of Topliss-reactive ketones (excluding diaryl/α,β-unsaturated/α-hetero) is 1. The summed E-state index contributed by atoms with van der Waals surface area (Å²) in [6.07, 6.45) is 4.59. The summed E-state index contributed by atoms with van der Waals surface area (Å²) in [5, 5.41) is 0.340. The monoisotopic (exact) mass is 296 g/mol. The summed E-state index contributed by atoms with van der Waals surface area (Å²) in [6, 6.07) is 4.62. The molecular formula is C15H17ClO4. The van der Waals surface area contributed by atoms with Crippen LogP contribution in [0.4, 0.5) is 0 Å². The van der Waals surface area contributed by atoms with Gasteiger partial charge in [-0.1, -0.05) is 11.6 Å². The minimum atomic E-state index is -0.868. The molecule has 0 N–H and O–H groups in total. The fraction of sp³-hybridized carbons (Fsp3) is 0.467. The van der Waals surface area contributed by atoms with Crippen molar-refractivity contribution in [3.8, 4) is 5.75 Å². The van der Waals surface area contributed by atoms with Crippen molar-refractivity contribution in [1.29, 1.82) is 0 Å². The Bertz CT molecular complexity index is 507. The topological polar surface area (TPSA) is 52.6 Å². The second kappa shape index (κ2) is 6.75. The van der Waals surface area contributed by atoms with Gasteiger partial charge < -0.3 is 9.47 Å². The molecular weight excluding hydrogens is 280 g/mol. The first-order valence-electron chi connectivity index (χ1n) is 6.79. The Morgan fingerprint density at radius 3 is 2.60 bits per heavy atom. The maximum absolute atomic E-state index is 11.8. The predicted octanol–water partition coefficient (Wildman–Crippen LogP) is 3.41. The van der Waals surface area contributed by atoms with E-state index in [0.29, 0.717) is 10.8 Å². The minimum Gasteiger partial charge on any atom is -0.489 e. The van der Waals surface area contributed by atoms with Gasteiger partial charge in [-0.05, 0) is 50.8 Å². The molecule has 1 fully saturated rings. The van der Waals surface area contributed by atoms with Crippen LogP contribution in [0.15, 0.2) is 18.2 Å². The van der Waals surface area contributed by atoms with Crippen molar-refractivity contribution in [2.45, 2.75) is 38.7 Å². The second-order valence-corrected chi connectivity index (χ2v) is 5.13. The maximum Gasteiger partial charge on any atom is 0.379 e. The van der Waals surface area contributed by atoms with E-state index < -0.39 is 11.8 Å². The molecule has 0 bridgehead atoms. The molecule has 0 heterocycles. The van der Waals surface area contributed by atoms with Crippen LogP contribution in [0.5, 0.6) is 5.75 Å². The molecule has 0 aliphatic heterocycles. The van der Waals surface area contributed by atoms with Crippen LogP contribution >= 0.6 is 11.6 Å². The molecule has 1 aromatic rings. The van der Waals surface area contributed by atoms with Gasteiger partial charge in [0.05, 0.1) is 17.7 Å². The normalized spacial score (nSPS) is 15.1. The number of hydrogen-bond acceptors (Lipinski definition) is 4. The fourth-order valence-electron chi connectivity index (χ4n) is 2.24. The van der Waals surface area contributed by atoms with E-state index in [4.69, 9.17) is 16.3 Å². The highest BCUT2D eigenvalue weighted by atomic mass is 35.5. The van der Waals surface area contributed by atoms with E-state index in [9.17, 15) is 9.59 Å². The number of carbonyl (C=O) groups is 2. The van der Waals surface area contributed by atoms with Gasteiger partial charge in [0.15, 0.2) is 0 Å². The van der Waals surface area contributed by atoms with E-state index in [1.807, 2.05) is 0 Å². The lowest BCUT2D eigenvalue weighted by atomic mass is 10.1. The molecule has 0 saturated heterocycles. The van der Waals surface area contributed by atoms with Crippen LogP contribution in [0.2, 0.25) is 5.02 Å². The van der Waals surface area contributed by atoms with Crippen molar-refractivity contribution in [2.75, 3.05) is 6.61 Å². The summed E-state index contributed by atoms with van der Waals surface area (Å²) in [6.45, 7) is 1.82. The summed E-state index contributed by atoms with van der Waals surface area (Å²) in [4.78, 5) is 23.1. The van der Waals surface area contributed by atoms with Gasteiger partial charge in [-0.25, -0.2) is 4.79 Å². The molecule has 20 heavy (non-hydrogen) atoms. The molecule has 1 aliphatic carbocycles. The van der Waals surface area contributed by atoms with Gasteiger partial charge in [0.1, 0.15) is 5.75 Å². The van der Waals surface area contributed by atoms with E-state index in [-0.39, 0.29) is 18.3 Å². The van der Waals surface area contributed by atoms with Gasteiger partial charge in [0.25, 0.3) is 5.78 Å². The van der Waals surface area contributed by atoms with E-state index >= 15 is 0 Å². The Morgan fingerprint density at radius 2 is 2.00 bits per heavy atom. The molecule has 5 heteroatoms. The van der Waals surface area contributed by atoms with E-state index in [1.165, 1.54) is 25.0 Å². The number of esters is 1. The van der Waals surface area contributed by atoms with Crippen molar-refractivity contribution in [1.82, 2.24) is 0 Å². The van der Waals surface area contributed by atoms with E-state index in [2.05, 4.69) is 4.74 Å². The molecule has 0 spiro atoms. The average molecular weight is 297 g/mol. The summed E-state index contributed by atoms with van der Waals surface area (Å²) in [5.74, 6) is -1.01. The van der Waals surface area contributed by atoms with Gasteiger partial charge >= 0.3 is 5.97 Å². The predicted molar refractivity (Wildman–Crippen MR) is 75.3 cm³/mol. The van der Waals surface area contributed by atoms with Gasteiger partial charge in [-0.3, -0.25) is 4.79 Å². The number of halogens is 1.